The lowest BCUT2D eigenvalue weighted by Gasteiger charge is -2.26. The van der Waals surface area contributed by atoms with Gasteiger partial charge in [0, 0.05) is 37.0 Å². The smallest absolute Gasteiger partial charge is 0.237 e. The van der Waals surface area contributed by atoms with Crippen LogP contribution in [0.2, 0.25) is 0 Å². The molecular formula is C16H29Cl2N3O2S. The summed E-state index contributed by atoms with van der Waals surface area (Å²) < 4.78 is 5.30. The van der Waals surface area contributed by atoms with Crippen molar-refractivity contribution in [3.63, 3.8) is 0 Å². The van der Waals surface area contributed by atoms with Crippen LogP contribution in [-0.2, 0) is 21.4 Å². The van der Waals surface area contributed by atoms with Crippen LogP contribution in [0, 0.1) is 5.92 Å². The average Bonchev–Trinajstić information content (AvgIpc) is 2.96. The maximum absolute atomic E-state index is 12.1. The standard InChI is InChI=1S/C16H27N3O2S.2ClH/c1-16(2,3)12-10-22-13(19-12)4-7-18-15(20)14(17)11-5-8-21-9-6-11;;/h10-11,14H,4-9,17H2,1-3H3,(H,18,20);2*1H. The highest BCUT2D eigenvalue weighted by Crippen LogP contribution is 2.24. The number of ether oxygens (including phenoxy) is 1. The molecule has 1 fully saturated rings. The Labute approximate surface area is 161 Å². The van der Waals surface area contributed by atoms with Crippen molar-refractivity contribution < 1.29 is 9.53 Å². The first-order valence-electron chi connectivity index (χ1n) is 7.94. The van der Waals surface area contributed by atoms with Gasteiger partial charge in [-0.05, 0) is 18.8 Å². The van der Waals surface area contributed by atoms with E-state index in [0.29, 0.717) is 19.8 Å². The third kappa shape index (κ3) is 6.84. The minimum atomic E-state index is -0.426. The van der Waals surface area contributed by atoms with Gasteiger partial charge in [0.15, 0.2) is 0 Å². The molecule has 140 valence electrons. The molecule has 3 N–H and O–H groups in total. The molecule has 0 bridgehead atoms. The third-order valence-electron chi connectivity index (χ3n) is 4.03. The Morgan fingerprint density at radius 2 is 2.04 bits per heavy atom. The largest absolute Gasteiger partial charge is 0.381 e. The van der Waals surface area contributed by atoms with Crippen molar-refractivity contribution in [1.82, 2.24) is 10.3 Å². The summed E-state index contributed by atoms with van der Waals surface area (Å²) in [4.78, 5) is 16.7. The summed E-state index contributed by atoms with van der Waals surface area (Å²) in [6, 6.07) is -0.426. The lowest BCUT2D eigenvalue weighted by atomic mass is 9.92. The fourth-order valence-electron chi connectivity index (χ4n) is 2.47. The van der Waals surface area contributed by atoms with E-state index >= 15 is 0 Å². The van der Waals surface area contributed by atoms with Crippen LogP contribution in [0.4, 0.5) is 0 Å². The molecule has 0 radical (unpaired) electrons. The number of nitrogens with zero attached hydrogens (tertiary/aromatic N) is 1. The Balaban J connectivity index is 0.00000264. The van der Waals surface area contributed by atoms with Crippen molar-refractivity contribution >= 4 is 42.1 Å². The van der Waals surface area contributed by atoms with E-state index in [1.165, 1.54) is 0 Å². The molecule has 2 heterocycles. The second-order valence-corrected chi connectivity index (χ2v) is 7.84. The van der Waals surface area contributed by atoms with Crippen molar-refractivity contribution in [2.45, 2.75) is 51.5 Å². The molecule has 1 aromatic rings. The first kappa shape index (κ1) is 23.6. The van der Waals surface area contributed by atoms with Crippen LogP contribution in [-0.4, -0.2) is 36.7 Å². The Bertz CT molecular complexity index is 500. The highest BCUT2D eigenvalue weighted by atomic mass is 35.5. The highest BCUT2D eigenvalue weighted by Gasteiger charge is 2.26. The van der Waals surface area contributed by atoms with Gasteiger partial charge in [-0.25, -0.2) is 4.98 Å². The van der Waals surface area contributed by atoms with Gasteiger partial charge < -0.3 is 15.8 Å². The Morgan fingerprint density at radius 3 is 2.58 bits per heavy atom. The number of halogens is 2. The Kier molecular flexibility index (Phi) is 10.4. The summed E-state index contributed by atoms with van der Waals surface area (Å²) in [5.41, 5.74) is 7.23. The second kappa shape index (κ2) is 10.6. The second-order valence-electron chi connectivity index (χ2n) is 6.89. The topological polar surface area (TPSA) is 77.2 Å². The summed E-state index contributed by atoms with van der Waals surface area (Å²) >= 11 is 1.65. The monoisotopic (exact) mass is 397 g/mol. The van der Waals surface area contributed by atoms with E-state index in [1.807, 2.05) is 0 Å². The predicted molar refractivity (Wildman–Crippen MR) is 104 cm³/mol. The van der Waals surface area contributed by atoms with Gasteiger partial charge in [-0.1, -0.05) is 20.8 Å². The summed E-state index contributed by atoms with van der Waals surface area (Å²) in [5.74, 6) is 0.181. The van der Waals surface area contributed by atoms with E-state index in [-0.39, 0.29) is 42.1 Å². The SMILES string of the molecule is CC(C)(C)c1csc(CCNC(=O)C(N)C2CCOCC2)n1.Cl.Cl. The fourth-order valence-corrected chi connectivity index (χ4v) is 3.49. The third-order valence-corrected chi connectivity index (χ3v) is 4.94. The van der Waals surface area contributed by atoms with Crippen molar-refractivity contribution in [2.24, 2.45) is 11.7 Å². The first-order valence-corrected chi connectivity index (χ1v) is 8.82. The van der Waals surface area contributed by atoms with Crippen LogP contribution in [0.15, 0.2) is 5.38 Å². The number of carbonyl (C=O) groups excluding carboxylic acids is 1. The molecule has 0 aliphatic carbocycles. The molecule has 1 amide bonds. The fraction of sp³-hybridized carbons (Fsp3) is 0.750. The summed E-state index contributed by atoms with van der Waals surface area (Å²) in [7, 11) is 0. The Hall–Kier alpha value is -0.400. The molecule has 0 saturated carbocycles. The van der Waals surface area contributed by atoms with E-state index in [1.54, 1.807) is 11.3 Å². The van der Waals surface area contributed by atoms with Gasteiger partial charge in [-0.15, -0.1) is 36.2 Å². The average molecular weight is 398 g/mol. The van der Waals surface area contributed by atoms with E-state index in [4.69, 9.17) is 10.5 Å². The Morgan fingerprint density at radius 1 is 1.42 bits per heavy atom. The van der Waals surface area contributed by atoms with Gasteiger partial charge in [0.2, 0.25) is 5.91 Å². The van der Waals surface area contributed by atoms with Crippen molar-refractivity contribution in [2.75, 3.05) is 19.8 Å². The number of amides is 1. The van der Waals surface area contributed by atoms with Crippen LogP contribution >= 0.6 is 36.2 Å². The molecule has 5 nitrogen and oxygen atoms in total. The maximum Gasteiger partial charge on any atom is 0.237 e. The zero-order valence-electron chi connectivity index (χ0n) is 14.5. The number of hydrogen-bond donors (Lipinski definition) is 2. The lowest BCUT2D eigenvalue weighted by molar-refractivity contribution is -0.124. The minimum absolute atomic E-state index is 0. The summed E-state index contributed by atoms with van der Waals surface area (Å²) in [6.07, 6.45) is 2.50. The van der Waals surface area contributed by atoms with Crippen LogP contribution < -0.4 is 11.1 Å². The number of carbonyl (C=O) groups is 1. The molecule has 8 heteroatoms. The molecule has 1 atom stereocenters. The van der Waals surface area contributed by atoms with E-state index < -0.39 is 6.04 Å². The molecule has 1 saturated heterocycles. The molecule has 1 unspecified atom stereocenters. The highest BCUT2D eigenvalue weighted by molar-refractivity contribution is 7.09. The van der Waals surface area contributed by atoms with Gasteiger partial charge in [0.1, 0.15) is 0 Å². The minimum Gasteiger partial charge on any atom is -0.381 e. The molecule has 24 heavy (non-hydrogen) atoms. The van der Waals surface area contributed by atoms with E-state index in [2.05, 4.69) is 36.5 Å². The molecule has 1 aliphatic heterocycles. The number of aromatic nitrogens is 1. The van der Waals surface area contributed by atoms with Crippen LogP contribution in [0.1, 0.15) is 44.3 Å². The van der Waals surface area contributed by atoms with Crippen molar-refractivity contribution in [1.29, 1.82) is 0 Å². The van der Waals surface area contributed by atoms with Crippen molar-refractivity contribution in [3.8, 4) is 0 Å². The lowest BCUT2D eigenvalue weighted by Crippen LogP contribution is -2.47. The number of thiazole rings is 1. The normalized spacial score (nSPS) is 16.7. The maximum atomic E-state index is 12.1. The number of hydrogen-bond acceptors (Lipinski definition) is 5. The predicted octanol–water partition coefficient (Wildman–Crippen LogP) is 2.70. The van der Waals surface area contributed by atoms with Crippen LogP contribution in [0.5, 0.6) is 0 Å². The molecular weight excluding hydrogens is 369 g/mol. The quantitative estimate of drug-likeness (QED) is 0.800. The summed E-state index contributed by atoms with van der Waals surface area (Å²) in [6.45, 7) is 8.47. The van der Waals surface area contributed by atoms with Gasteiger partial charge in [-0.2, -0.15) is 0 Å². The van der Waals surface area contributed by atoms with Gasteiger partial charge in [0.05, 0.1) is 16.7 Å². The molecule has 1 aromatic heterocycles. The van der Waals surface area contributed by atoms with Crippen LogP contribution in [0.3, 0.4) is 0 Å². The van der Waals surface area contributed by atoms with Gasteiger partial charge in [-0.3, -0.25) is 4.79 Å². The molecule has 1 aliphatic rings. The first-order chi connectivity index (χ1) is 10.4. The number of nitrogens with one attached hydrogen (secondary N) is 1. The zero-order valence-corrected chi connectivity index (χ0v) is 17.0. The molecule has 0 aromatic carbocycles. The number of rotatable bonds is 5. The molecule has 0 spiro atoms. The van der Waals surface area contributed by atoms with Crippen LogP contribution in [0.25, 0.3) is 0 Å². The summed E-state index contributed by atoms with van der Waals surface area (Å²) in [5, 5.41) is 6.10. The van der Waals surface area contributed by atoms with E-state index in [9.17, 15) is 4.79 Å². The number of nitrogens with two attached hydrogens (primary N) is 1. The van der Waals surface area contributed by atoms with Crippen molar-refractivity contribution in [3.05, 3.63) is 16.1 Å². The van der Waals surface area contributed by atoms with Gasteiger partial charge >= 0.3 is 0 Å². The molecule has 2 rings (SSSR count). The van der Waals surface area contributed by atoms with E-state index in [0.717, 1.165) is 30.0 Å². The zero-order chi connectivity index (χ0) is 16.2. The van der Waals surface area contributed by atoms with Gasteiger partial charge in [0.25, 0.3) is 0 Å².